The van der Waals surface area contributed by atoms with Gasteiger partial charge in [0.25, 0.3) is 5.91 Å². The topological polar surface area (TPSA) is 49.9 Å². The minimum Gasteiger partial charge on any atom is -0.468 e. The number of thioether (sulfide) groups is 1. The molecule has 2 heterocycles. The summed E-state index contributed by atoms with van der Waals surface area (Å²) in [6.45, 7) is 3.44. The molecule has 0 N–H and O–H groups in total. The van der Waals surface area contributed by atoms with E-state index in [1.54, 1.807) is 11.0 Å². The van der Waals surface area contributed by atoms with Crippen LogP contribution in [-0.4, -0.2) is 54.8 Å². The predicted octanol–water partition coefficient (Wildman–Crippen LogP) is 4.42. The molecule has 2 aliphatic rings. The van der Waals surface area contributed by atoms with Crippen LogP contribution >= 0.6 is 23.4 Å². The molecular weight excluding hydrogens is 432 g/mol. The molecule has 2 aromatic carbocycles. The molecule has 1 amide bonds. The van der Waals surface area contributed by atoms with Crippen molar-refractivity contribution < 1.29 is 14.3 Å². The zero-order valence-electron chi connectivity index (χ0n) is 17.7. The Bertz CT molecular complexity index is 963. The van der Waals surface area contributed by atoms with Crippen LogP contribution in [0.1, 0.15) is 24.8 Å². The Morgan fingerprint density at radius 3 is 2.52 bits per heavy atom. The van der Waals surface area contributed by atoms with Crippen LogP contribution in [0.4, 0.5) is 5.69 Å². The molecule has 4 rings (SSSR count). The summed E-state index contributed by atoms with van der Waals surface area (Å²) >= 11 is 7.68. The van der Waals surface area contributed by atoms with Crippen molar-refractivity contribution in [3.8, 4) is 0 Å². The number of benzene rings is 2. The molecular formula is C24H27ClN2O3S. The lowest BCUT2D eigenvalue weighted by Gasteiger charge is -2.41. The van der Waals surface area contributed by atoms with E-state index in [0.29, 0.717) is 11.6 Å². The molecule has 1 fully saturated rings. The van der Waals surface area contributed by atoms with Gasteiger partial charge in [-0.15, -0.1) is 0 Å². The van der Waals surface area contributed by atoms with Gasteiger partial charge in [-0.05, 0) is 49.7 Å². The highest BCUT2D eigenvalue weighted by Crippen LogP contribution is 2.48. The average Bonchev–Trinajstić information content (AvgIpc) is 2.80. The molecule has 5 nitrogen and oxygen atoms in total. The number of carbonyl (C=O) groups is 2. The second-order valence-corrected chi connectivity index (χ2v) is 9.76. The number of esters is 1. The number of halogens is 1. The van der Waals surface area contributed by atoms with Crippen LogP contribution in [0.25, 0.3) is 0 Å². The number of para-hydroxylation sites is 1. The van der Waals surface area contributed by atoms with Gasteiger partial charge >= 0.3 is 5.97 Å². The molecule has 1 unspecified atom stereocenters. The van der Waals surface area contributed by atoms with Crippen LogP contribution < -0.4 is 4.90 Å². The quantitative estimate of drug-likeness (QED) is 0.473. The Kier molecular flexibility index (Phi) is 6.89. The minimum absolute atomic E-state index is 0.178. The summed E-state index contributed by atoms with van der Waals surface area (Å²) in [6, 6.07) is 15.1. The normalized spacial score (nSPS) is 21.6. The molecule has 7 heteroatoms. The zero-order chi connectivity index (χ0) is 21.8. The maximum Gasteiger partial charge on any atom is 0.332 e. The van der Waals surface area contributed by atoms with E-state index < -0.39 is 10.7 Å². The number of nitrogens with zero attached hydrogens (tertiary/aromatic N) is 2. The molecule has 2 aliphatic heterocycles. The van der Waals surface area contributed by atoms with Crippen LogP contribution in [0.2, 0.25) is 5.02 Å². The first-order chi connectivity index (χ1) is 15.0. The molecule has 0 aliphatic carbocycles. The van der Waals surface area contributed by atoms with Crippen molar-refractivity contribution in [2.45, 2.75) is 35.3 Å². The van der Waals surface area contributed by atoms with Crippen LogP contribution in [0.5, 0.6) is 0 Å². The fourth-order valence-corrected chi connectivity index (χ4v) is 5.96. The second-order valence-electron chi connectivity index (χ2n) is 8.02. The van der Waals surface area contributed by atoms with Crippen molar-refractivity contribution in [1.29, 1.82) is 0 Å². The zero-order valence-corrected chi connectivity index (χ0v) is 19.3. The molecule has 0 aromatic heterocycles. The highest BCUT2D eigenvalue weighted by atomic mass is 35.5. The lowest BCUT2D eigenvalue weighted by atomic mass is 9.95. The van der Waals surface area contributed by atoms with Gasteiger partial charge in [0.05, 0.1) is 12.8 Å². The maximum atomic E-state index is 13.9. The van der Waals surface area contributed by atoms with E-state index in [-0.39, 0.29) is 12.3 Å². The number of likely N-dealkylation sites (tertiary alicyclic amines) is 1. The van der Waals surface area contributed by atoms with Crippen molar-refractivity contribution in [2.24, 2.45) is 0 Å². The Morgan fingerprint density at radius 2 is 1.77 bits per heavy atom. The number of amides is 1. The third-order valence-electron chi connectivity index (χ3n) is 6.03. The van der Waals surface area contributed by atoms with Gasteiger partial charge in [0.15, 0.2) is 0 Å². The summed E-state index contributed by atoms with van der Waals surface area (Å²) in [6.07, 6.45) is 3.83. The summed E-state index contributed by atoms with van der Waals surface area (Å²) in [7, 11) is 1.34. The molecule has 164 valence electrons. The standard InChI is InChI=1S/C24H27ClN2O3S/c1-30-23(29)24(17-18-9-3-4-10-19(18)25)22(28)27(16-15-26-13-7-2-8-14-26)20-11-5-6-12-21(20)31-24/h3-6,9-12H,2,7-8,13-17H2,1H3. The average molecular weight is 459 g/mol. The predicted molar refractivity (Wildman–Crippen MR) is 125 cm³/mol. The maximum absolute atomic E-state index is 13.9. The van der Waals surface area contributed by atoms with Crippen molar-refractivity contribution >= 4 is 40.9 Å². The van der Waals surface area contributed by atoms with Crippen molar-refractivity contribution in [3.63, 3.8) is 0 Å². The number of carbonyl (C=O) groups excluding carboxylic acids is 2. The van der Waals surface area contributed by atoms with Crippen molar-refractivity contribution in [1.82, 2.24) is 4.90 Å². The van der Waals surface area contributed by atoms with E-state index in [0.717, 1.165) is 35.8 Å². The van der Waals surface area contributed by atoms with Gasteiger partial charge in [0.2, 0.25) is 4.75 Å². The third kappa shape index (κ3) is 4.47. The number of fused-ring (bicyclic) bond motifs is 1. The van der Waals surface area contributed by atoms with Crippen LogP contribution in [0.3, 0.4) is 0 Å². The second kappa shape index (κ2) is 9.63. The first-order valence-electron chi connectivity index (χ1n) is 10.7. The van der Waals surface area contributed by atoms with E-state index in [1.807, 2.05) is 42.5 Å². The van der Waals surface area contributed by atoms with Crippen molar-refractivity contribution in [3.05, 3.63) is 59.1 Å². The molecule has 1 saturated heterocycles. The van der Waals surface area contributed by atoms with E-state index in [9.17, 15) is 9.59 Å². The molecule has 0 radical (unpaired) electrons. The molecule has 0 spiro atoms. The Morgan fingerprint density at radius 1 is 1.06 bits per heavy atom. The first kappa shape index (κ1) is 22.2. The molecule has 0 saturated carbocycles. The van der Waals surface area contributed by atoms with Gasteiger partial charge in [-0.2, -0.15) is 0 Å². The van der Waals surface area contributed by atoms with E-state index in [4.69, 9.17) is 16.3 Å². The lowest BCUT2D eigenvalue weighted by Crippen LogP contribution is -2.57. The number of hydrogen-bond donors (Lipinski definition) is 0. The monoisotopic (exact) mass is 458 g/mol. The summed E-state index contributed by atoms with van der Waals surface area (Å²) in [5.74, 6) is -0.778. The Hall–Kier alpha value is -2.02. The minimum atomic E-state index is -1.41. The Labute approximate surface area is 192 Å². The molecule has 1 atom stereocenters. The van der Waals surface area contributed by atoms with Crippen LogP contribution in [-0.2, 0) is 20.7 Å². The molecule has 2 aromatic rings. The van der Waals surface area contributed by atoms with E-state index >= 15 is 0 Å². The smallest absolute Gasteiger partial charge is 0.332 e. The van der Waals surface area contributed by atoms with E-state index in [1.165, 1.54) is 38.1 Å². The summed E-state index contributed by atoms with van der Waals surface area (Å²) < 4.78 is 3.77. The highest BCUT2D eigenvalue weighted by Gasteiger charge is 2.54. The number of hydrogen-bond acceptors (Lipinski definition) is 5. The van der Waals surface area contributed by atoms with E-state index in [2.05, 4.69) is 4.90 Å². The summed E-state index contributed by atoms with van der Waals surface area (Å²) in [5.41, 5.74) is 1.61. The fraction of sp³-hybridized carbons (Fsp3) is 0.417. The molecule has 31 heavy (non-hydrogen) atoms. The number of methoxy groups -OCH3 is 1. The van der Waals surface area contributed by atoms with Gasteiger partial charge in [-0.1, -0.05) is 60.1 Å². The first-order valence-corrected chi connectivity index (χ1v) is 11.9. The summed E-state index contributed by atoms with van der Waals surface area (Å²) in [5, 5.41) is 0.540. The van der Waals surface area contributed by atoms with Gasteiger partial charge < -0.3 is 14.5 Å². The number of piperidine rings is 1. The van der Waals surface area contributed by atoms with Gasteiger partial charge in [0.1, 0.15) is 0 Å². The fourth-order valence-electron chi connectivity index (χ4n) is 4.36. The van der Waals surface area contributed by atoms with Gasteiger partial charge in [-0.3, -0.25) is 4.79 Å². The van der Waals surface area contributed by atoms with Gasteiger partial charge in [-0.25, -0.2) is 4.79 Å². The highest BCUT2D eigenvalue weighted by molar-refractivity contribution is 8.02. The SMILES string of the molecule is COC(=O)C1(Cc2ccccc2Cl)Sc2ccccc2N(CCN2CCCCC2)C1=O. The molecule has 0 bridgehead atoms. The van der Waals surface area contributed by atoms with Gasteiger partial charge in [0, 0.05) is 29.4 Å². The summed E-state index contributed by atoms with van der Waals surface area (Å²) in [4.78, 5) is 32.1. The van der Waals surface area contributed by atoms with Crippen molar-refractivity contribution in [2.75, 3.05) is 38.2 Å². The number of anilines is 1. The Balaban J connectivity index is 1.70. The third-order valence-corrected chi connectivity index (χ3v) is 7.80. The number of ether oxygens (including phenoxy) is 1. The lowest BCUT2D eigenvalue weighted by molar-refractivity contribution is -0.147. The number of rotatable bonds is 6. The van der Waals surface area contributed by atoms with Crippen LogP contribution in [0, 0.1) is 0 Å². The van der Waals surface area contributed by atoms with Crippen LogP contribution in [0.15, 0.2) is 53.4 Å². The largest absolute Gasteiger partial charge is 0.468 e.